The molecule has 4 nitrogen and oxygen atoms in total. The van der Waals surface area contributed by atoms with Gasteiger partial charge in [0.25, 0.3) is 0 Å². The van der Waals surface area contributed by atoms with E-state index in [-0.39, 0.29) is 5.97 Å². The quantitative estimate of drug-likeness (QED) is 0.855. The van der Waals surface area contributed by atoms with Gasteiger partial charge in [0.2, 0.25) is 0 Å². The summed E-state index contributed by atoms with van der Waals surface area (Å²) in [7, 11) is 1.39. The van der Waals surface area contributed by atoms with E-state index in [0.29, 0.717) is 5.56 Å². The van der Waals surface area contributed by atoms with Crippen LogP contribution >= 0.6 is 0 Å². The van der Waals surface area contributed by atoms with Gasteiger partial charge in [-0.3, -0.25) is 0 Å². The summed E-state index contributed by atoms with van der Waals surface area (Å²) in [5.74, 6) is -0.312. The summed E-state index contributed by atoms with van der Waals surface area (Å²) in [5.41, 5.74) is 5.43. The van der Waals surface area contributed by atoms with Gasteiger partial charge in [0.05, 0.1) is 12.7 Å². The molecule has 0 aliphatic carbocycles. The minimum atomic E-state index is -0.312. The number of hydrogen-bond acceptors (Lipinski definition) is 3. The molecule has 0 spiro atoms. The minimum absolute atomic E-state index is 0.312. The van der Waals surface area contributed by atoms with Crippen LogP contribution in [0, 0.1) is 13.8 Å². The summed E-state index contributed by atoms with van der Waals surface area (Å²) in [6, 6.07) is 9.54. The third-order valence-electron chi connectivity index (χ3n) is 3.78. The predicted molar refractivity (Wildman–Crippen MR) is 84.7 cm³/mol. The number of carbonyl (C=O) groups excluding carboxylic acids is 1. The largest absolute Gasteiger partial charge is 0.465 e. The lowest BCUT2D eigenvalue weighted by Gasteiger charge is -2.08. The molecule has 0 amide bonds. The first-order valence-corrected chi connectivity index (χ1v) is 7.14. The average molecular weight is 286 g/mol. The van der Waals surface area contributed by atoms with Crippen molar-refractivity contribution in [1.29, 1.82) is 0 Å². The number of anilines is 1. The van der Waals surface area contributed by atoms with Crippen molar-refractivity contribution in [3.8, 4) is 0 Å². The maximum atomic E-state index is 11.4. The molecule has 1 N–H and O–H groups in total. The van der Waals surface area contributed by atoms with Gasteiger partial charge in [-0.15, -0.1) is 0 Å². The molecule has 2 rings (SSSR count). The first-order chi connectivity index (χ1) is 10.1. The smallest absolute Gasteiger partial charge is 0.337 e. The third kappa shape index (κ3) is 3.27. The summed E-state index contributed by atoms with van der Waals surface area (Å²) in [4.78, 5) is 11.4. The van der Waals surface area contributed by atoms with Crippen molar-refractivity contribution in [2.45, 2.75) is 33.9 Å². The van der Waals surface area contributed by atoms with Crippen LogP contribution in [-0.4, -0.2) is 17.6 Å². The van der Waals surface area contributed by atoms with E-state index in [4.69, 9.17) is 0 Å². The maximum Gasteiger partial charge on any atom is 0.337 e. The van der Waals surface area contributed by atoms with Crippen LogP contribution in [0.15, 0.2) is 30.3 Å². The molecular weight excluding hydrogens is 264 g/mol. The average Bonchev–Trinajstić information content (AvgIpc) is 2.78. The zero-order valence-corrected chi connectivity index (χ0v) is 13.1. The first-order valence-electron chi connectivity index (χ1n) is 7.14. The summed E-state index contributed by atoms with van der Waals surface area (Å²) >= 11 is 0. The fraction of sp³-hybridized carbons (Fsp3) is 0.353. The van der Waals surface area contributed by atoms with E-state index in [1.807, 2.05) is 12.1 Å². The molecule has 0 bridgehead atoms. The summed E-state index contributed by atoms with van der Waals surface area (Å²) in [5, 5.41) is 3.39. The number of methoxy groups -OCH3 is 1. The number of nitrogens with zero attached hydrogens (tertiary/aromatic N) is 1. The predicted octanol–water partition coefficient (Wildman–Crippen LogP) is 3.52. The van der Waals surface area contributed by atoms with Crippen molar-refractivity contribution >= 4 is 11.7 Å². The highest BCUT2D eigenvalue weighted by molar-refractivity contribution is 5.89. The molecule has 0 saturated heterocycles. The van der Waals surface area contributed by atoms with E-state index in [9.17, 15) is 4.79 Å². The lowest BCUT2D eigenvalue weighted by molar-refractivity contribution is 0.0601. The lowest BCUT2D eigenvalue weighted by Crippen LogP contribution is -2.04. The molecule has 4 heteroatoms. The number of aromatic nitrogens is 1. The van der Waals surface area contributed by atoms with E-state index in [0.717, 1.165) is 18.8 Å². The summed E-state index contributed by atoms with van der Waals surface area (Å²) < 4.78 is 6.99. The fourth-order valence-electron chi connectivity index (χ4n) is 2.58. The molecule has 0 aliphatic rings. The van der Waals surface area contributed by atoms with Gasteiger partial charge in [0.15, 0.2) is 0 Å². The molecule has 2 aromatic rings. The molecule has 0 radical (unpaired) electrons. The van der Waals surface area contributed by atoms with Crippen molar-refractivity contribution in [3.63, 3.8) is 0 Å². The Balaban J connectivity index is 2.05. The van der Waals surface area contributed by atoms with Gasteiger partial charge in [-0.25, -0.2) is 4.79 Å². The van der Waals surface area contributed by atoms with Crippen LogP contribution in [0.1, 0.15) is 34.2 Å². The number of ether oxygens (including phenoxy) is 1. The van der Waals surface area contributed by atoms with Crippen molar-refractivity contribution in [3.05, 3.63) is 52.8 Å². The Kier molecular flexibility index (Phi) is 4.68. The number of benzene rings is 1. The Morgan fingerprint density at radius 1 is 1.24 bits per heavy atom. The van der Waals surface area contributed by atoms with E-state index in [1.54, 1.807) is 12.1 Å². The van der Waals surface area contributed by atoms with Crippen molar-refractivity contribution in [2.24, 2.45) is 0 Å². The fourth-order valence-corrected chi connectivity index (χ4v) is 2.58. The van der Waals surface area contributed by atoms with Gasteiger partial charge in [0, 0.05) is 30.2 Å². The standard InChI is InChI=1S/C17H22N2O2/c1-5-19-12(2)10-15(13(19)3)11-18-16-8-6-14(7-9-16)17(20)21-4/h6-10,18H,5,11H2,1-4H3. The van der Waals surface area contributed by atoms with Crippen LogP contribution in [-0.2, 0) is 17.8 Å². The maximum absolute atomic E-state index is 11.4. The molecule has 1 aromatic heterocycles. The molecule has 112 valence electrons. The number of aryl methyl sites for hydroxylation is 1. The van der Waals surface area contributed by atoms with Crippen LogP contribution in [0.25, 0.3) is 0 Å². The van der Waals surface area contributed by atoms with Crippen LogP contribution < -0.4 is 5.32 Å². The van der Waals surface area contributed by atoms with Crippen LogP contribution in [0.3, 0.4) is 0 Å². The third-order valence-corrected chi connectivity index (χ3v) is 3.78. The molecule has 0 atom stereocenters. The molecular formula is C17H22N2O2. The zero-order valence-electron chi connectivity index (χ0n) is 13.1. The number of hydrogen-bond donors (Lipinski definition) is 1. The van der Waals surface area contributed by atoms with E-state index in [1.165, 1.54) is 24.1 Å². The van der Waals surface area contributed by atoms with Gasteiger partial charge < -0.3 is 14.6 Å². The minimum Gasteiger partial charge on any atom is -0.465 e. The molecule has 0 aliphatic heterocycles. The second kappa shape index (κ2) is 6.48. The second-order valence-electron chi connectivity index (χ2n) is 5.06. The number of nitrogens with one attached hydrogen (secondary N) is 1. The molecule has 1 aromatic carbocycles. The van der Waals surface area contributed by atoms with Gasteiger partial charge in [-0.2, -0.15) is 0 Å². The van der Waals surface area contributed by atoms with Crippen LogP contribution in [0.2, 0.25) is 0 Å². The molecule has 0 saturated carbocycles. The topological polar surface area (TPSA) is 43.3 Å². The van der Waals surface area contributed by atoms with Gasteiger partial charge in [-0.05, 0) is 56.7 Å². The number of carbonyl (C=O) groups is 1. The highest BCUT2D eigenvalue weighted by atomic mass is 16.5. The Labute approximate surface area is 125 Å². The van der Waals surface area contributed by atoms with Crippen molar-refractivity contribution < 1.29 is 9.53 Å². The lowest BCUT2D eigenvalue weighted by atomic mass is 10.2. The first kappa shape index (κ1) is 15.2. The summed E-state index contributed by atoms with van der Waals surface area (Å²) in [6.07, 6.45) is 0. The highest BCUT2D eigenvalue weighted by Gasteiger charge is 2.08. The Hall–Kier alpha value is -2.23. The Morgan fingerprint density at radius 2 is 1.90 bits per heavy atom. The van der Waals surface area contributed by atoms with E-state index in [2.05, 4.69) is 41.5 Å². The Bertz CT molecular complexity index is 627. The molecule has 0 unspecified atom stereocenters. The monoisotopic (exact) mass is 286 g/mol. The Morgan fingerprint density at radius 3 is 2.43 bits per heavy atom. The van der Waals surface area contributed by atoms with Crippen LogP contribution in [0.5, 0.6) is 0 Å². The van der Waals surface area contributed by atoms with Gasteiger partial charge in [0.1, 0.15) is 0 Å². The number of rotatable bonds is 5. The van der Waals surface area contributed by atoms with Crippen LogP contribution in [0.4, 0.5) is 5.69 Å². The second-order valence-corrected chi connectivity index (χ2v) is 5.06. The summed E-state index contributed by atoms with van der Waals surface area (Å²) in [6.45, 7) is 8.20. The number of esters is 1. The SMILES string of the molecule is CCn1c(C)cc(CNc2ccc(C(=O)OC)cc2)c1C. The highest BCUT2D eigenvalue weighted by Crippen LogP contribution is 2.17. The molecule has 0 fully saturated rings. The van der Waals surface area contributed by atoms with E-state index >= 15 is 0 Å². The van der Waals surface area contributed by atoms with Crippen molar-refractivity contribution in [1.82, 2.24) is 4.57 Å². The molecule has 21 heavy (non-hydrogen) atoms. The van der Waals surface area contributed by atoms with Crippen molar-refractivity contribution in [2.75, 3.05) is 12.4 Å². The van der Waals surface area contributed by atoms with Gasteiger partial charge >= 0.3 is 5.97 Å². The van der Waals surface area contributed by atoms with E-state index < -0.39 is 0 Å². The normalized spacial score (nSPS) is 10.5. The van der Waals surface area contributed by atoms with Gasteiger partial charge in [-0.1, -0.05) is 0 Å². The molecule has 1 heterocycles. The zero-order chi connectivity index (χ0) is 15.4.